The first kappa shape index (κ1) is 19.4. The van der Waals surface area contributed by atoms with Crippen LogP contribution in [0.5, 0.6) is 0 Å². The maximum Gasteiger partial charge on any atom is 0.416 e. The summed E-state index contributed by atoms with van der Waals surface area (Å²) in [5.41, 5.74) is 2.07. The fourth-order valence-electron chi connectivity index (χ4n) is 3.08. The molecule has 0 aromatic heterocycles. The molecule has 0 saturated heterocycles. The average Bonchev–Trinajstić information content (AvgIpc) is 2.89. The SMILES string of the molecule is CC1(C)C=C(c2ccc(C(F)(F)F)cc2)C(c2ccc(S(N)(=O)=O)cc2)=C1. The summed E-state index contributed by atoms with van der Waals surface area (Å²) in [5, 5.41) is 5.13. The number of alkyl halides is 3. The fourth-order valence-corrected chi connectivity index (χ4v) is 3.60. The molecule has 0 unspecified atom stereocenters. The highest BCUT2D eigenvalue weighted by Gasteiger charge is 2.31. The van der Waals surface area contributed by atoms with Crippen molar-refractivity contribution in [1.82, 2.24) is 0 Å². The van der Waals surface area contributed by atoms with Crippen molar-refractivity contribution < 1.29 is 21.6 Å². The lowest BCUT2D eigenvalue weighted by molar-refractivity contribution is -0.137. The summed E-state index contributed by atoms with van der Waals surface area (Å²) in [4.78, 5) is 0.00386. The van der Waals surface area contributed by atoms with Gasteiger partial charge < -0.3 is 0 Å². The van der Waals surface area contributed by atoms with Crippen molar-refractivity contribution in [2.24, 2.45) is 10.6 Å². The largest absolute Gasteiger partial charge is 0.416 e. The van der Waals surface area contributed by atoms with Gasteiger partial charge in [0, 0.05) is 5.41 Å². The third kappa shape index (κ3) is 4.14. The predicted octanol–water partition coefficient (Wildman–Crippen LogP) is 4.86. The number of primary sulfonamides is 1. The Hall–Kier alpha value is -2.38. The van der Waals surface area contributed by atoms with Crippen molar-refractivity contribution in [3.8, 4) is 0 Å². The minimum atomic E-state index is -4.38. The van der Waals surface area contributed by atoms with E-state index in [2.05, 4.69) is 0 Å². The second kappa shape index (κ2) is 6.35. The standard InChI is InChI=1S/C20H18F3NO2S/c1-19(2)11-17(13-3-7-15(8-4-13)20(21,22)23)18(12-19)14-5-9-16(10-6-14)27(24,25)26/h3-12H,1-2H3,(H2,24,25,26). The Bertz CT molecular complexity index is 1030. The number of allylic oxidation sites excluding steroid dienone is 4. The van der Waals surface area contributed by atoms with Gasteiger partial charge >= 0.3 is 6.18 Å². The molecule has 0 aliphatic heterocycles. The molecule has 1 aliphatic rings. The molecule has 2 aromatic carbocycles. The van der Waals surface area contributed by atoms with Gasteiger partial charge in [-0.1, -0.05) is 50.3 Å². The van der Waals surface area contributed by atoms with Gasteiger partial charge in [-0.2, -0.15) is 13.2 Å². The second-order valence-electron chi connectivity index (χ2n) is 7.08. The van der Waals surface area contributed by atoms with Crippen LogP contribution in [0.2, 0.25) is 0 Å². The van der Waals surface area contributed by atoms with E-state index in [1.165, 1.54) is 24.3 Å². The zero-order valence-electron chi connectivity index (χ0n) is 14.7. The quantitative estimate of drug-likeness (QED) is 0.810. The first-order valence-corrected chi connectivity index (χ1v) is 9.68. The third-order valence-corrected chi connectivity index (χ3v) is 5.27. The van der Waals surface area contributed by atoms with E-state index in [1.54, 1.807) is 12.1 Å². The summed E-state index contributed by atoms with van der Waals surface area (Å²) in [7, 11) is -3.79. The number of sulfonamides is 1. The zero-order valence-corrected chi connectivity index (χ0v) is 15.5. The molecule has 3 nitrogen and oxygen atoms in total. The van der Waals surface area contributed by atoms with E-state index in [9.17, 15) is 21.6 Å². The normalized spacial score (nSPS) is 16.8. The van der Waals surface area contributed by atoms with Crippen molar-refractivity contribution in [2.45, 2.75) is 24.9 Å². The molecule has 2 N–H and O–H groups in total. The van der Waals surface area contributed by atoms with Gasteiger partial charge in [0.15, 0.2) is 0 Å². The van der Waals surface area contributed by atoms with E-state index in [1.807, 2.05) is 26.0 Å². The molecule has 1 aliphatic carbocycles. The summed E-state index contributed by atoms with van der Waals surface area (Å²) in [6.07, 6.45) is -0.394. The molecule has 0 bridgehead atoms. The summed E-state index contributed by atoms with van der Waals surface area (Å²) in [6, 6.07) is 11.1. The van der Waals surface area contributed by atoms with Crippen molar-refractivity contribution in [2.75, 3.05) is 0 Å². The van der Waals surface area contributed by atoms with Gasteiger partial charge in [-0.15, -0.1) is 0 Å². The molecule has 0 spiro atoms. The van der Waals surface area contributed by atoms with Crippen LogP contribution >= 0.6 is 0 Å². The molecule has 7 heteroatoms. The Morgan fingerprint density at radius 1 is 0.815 bits per heavy atom. The Morgan fingerprint density at radius 3 is 1.59 bits per heavy atom. The van der Waals surface area contributed by atoms with Gasteiger partial charge in [-0.3, -0.25) is 0 Å². The average molecular weight is 393 g/mol. The molecule has 2 aromatic rings. The van der Waals surface area contributed by atoms with Gasteiger partial charge in [-0.05, 0) is 46.5 Å². The topological polar surface area (TPSA) is 60.2 Å². The Labute approximate surface area is 156 Å². The summed E-state index contributed by atoms with van der Waals surface area (Å²) < 4.78 is 61.3. The molecule has 0 fully saturated rings. The maximum absolute atomic E-state index is 12.8. The lowest BCUT2D eigenvalue weighted by atomic mass is 9.94. The van der Waals surface area contributed by atoms with Gasteiger partial charge in [0.1, 0.15) is 0 Å². The van der Waals surface area contributed by atoms with Crippen LogP contribution in [0.4, 0.5) is 13.2 Å². The van der Waals surface area contributed by atoms with Crippen molar-refractivity contribution in [1.29, 1.82) is 0 Å². The number of nitrogens with two attached hydrogens (primary N) is 1. The van der Waals surface area contributed by atoms with Crippen LogP contribution in [0.3, 0.4) is 0 Å². The molecule has 3 rings (SSSR count). The van der Waals surface area contributed by atoms with Crippen LogP contribution in [0.1, 0.15) is 30.5 Å². The van der Waals surface area contributed by atoms with E-state index in [0.29, 0.717) is 5.56 Å². The second-order valence-corrected chi connectivity index (χ2v) is 8.64. The number of benzene rings is 2. The van der Waals surface area contributed by atoms with E-state index in [4.69, 9.17) is 5.14 Å². The van der Waals surface area contributed by atoms with Gasteiger partial charge in [0.05, 0.1) is 10.5 Å². The predicted molar refractivity (Wildman–Crippen MR) is 99.0 cm³/mol. The molecule has 0 amide bonds. The Kier molecular flexibility index (Phi) is 4.56. The lowest BCUT2D eigenvalue weighted by Crippen LogP contribution is -2.11. The van der Waals surface area contributed by atoms with Crippen LogP contribution in [0.25, 0.3) is 11.1 Å². The van der Waals surface area contributed by atoms with E-state index in [-0.39, 0.29) is 10.3 Å². The van der Waals surface area contributed by atoms with E-state index < -0.39 is 21.8 Å². The summed E-state index contributed by atoms with van der Waals surface area (Å²) in [5.74, 6) is 0. The molecule has 142 valence electrons. The molecular formula is C20H18F3NO2S. The van der Waals surface area contributed by atoms with Crippen LogP contribution in [0, 0.1) is 5.41 Å². The number of hydrogen-bond donors (Lipinski definition) is 1. The van der Waals surface area contributed by atoms with Crippen molar-refractivity contribution >= 4 is 21.2 Å². The highest BCUT2D eigenvalue weighted by molar-refractivity contribution is 7.89. The van der Waals surface area contributed by atoms with Crippen LogP contribution in [-0.4, -0.2) is 8.42 Å². The molecule has 0 radical (unpaired) electrons. The molecular weight excluding hydrogens is 375 g/mol. The maximum atomic E-state index is 12.8. The fraction of sp³-hybridized carbons (Fsp3) is 0.200. The van der Waals surface area contributed by atoms with Gasteiger partial charge in [0.2, 0.25) is 10.0 Å². The summed E-state index contributed by atoms with van der Waals surface area (Å²) >= 11 is 0. The molecule has 0 saturated carbocycles. The molecule has 0 heterocycles. The lowest BCUT2D eigenvalue weighted by Gasteiger charge is -2.12. The Balaban J connectivity index is 2.01. The minimum absolute atomic E-state index is 0.00386. The minimum Gasteiger partial charge on any atom is -0.225 e. The smallest absolute Gasteiger partial charge is 0.225 e. The number of halogens is 3. The molecule has 0 atom stereocenters. The number of rotatable bonds is 3. The number of hydrogen-bond acceptors (Lipinski definition) is 2. The van der Waals surface area contributed by atoms with E-state index >= 15 is 0 Å². The third-order valence-electron chi connectivity index (χ3n) is 4.34. The highest BCUT2D eigenvalue weighted by atomic mass is 32.2. The first-order valence-electron chi connectivity index (χ1n) is 8.14. The summed E-state index contributed by atoms with van der Waals surface area (Å²) in [6.45, 7) is 3.98. The van der Waals surface area contributed by atoms with Gasteiger partial charge in [-0.25, -0.2) is 13.6 Å². The van der Waals surface area contributed by atoms with Crippen LogP contribution < -0.4 is 5.14 Å². The Morgan fingerprint density at radius 2 is 1.22 bits per heavy atom. The monoisotopic (exact) mass is 393 g/mol. The molecule has 27 heavy (non-hydrogen) atoms. The van der Waals surface area contributed by atoms with Gasteiger partial charge in [0.25, 0.3) is 0 Å². The van der Waals surface area contributed by atoms with E-state index in [0.717, 1.165) is 28.8 Å². The van der Waals surface area contributed by atoms with Crippen LogP contribution in [-0.2, 0) is 16.2 Å². The van der Waals surface area contributed by atoms with Crippen LogP contribution in [0.15, 0.2) is 65.6 Å². The van der Waals surface area contributed by atoms with Crippen molar-refractivity contribution in [3.05, 3.63) is 77.4 Å². The zero-order chi connectivity index (χ0) is 20.0. The van der Waals surface area contributed by atoms with Crippen molar-refractivity contribution in [3.63, 3.8) is 0 Å². The highest BCUT2D eigenvalue weighted by Crippen LogP contribution is 2.44. The first-order chi connectivity index (χ1) is 12.4.